The summed E-state index contributed by atoms with van der Waals surface area (Å²) >= 11 is 12.1. The standard InChI is InChI=1S/C19H15Cl2N3O/c1-12-11-14(9-10-22-12)13-5-7-15(8-6-13)23-19(25)24-18-16(20)3-2-4-17(18)21/h2-11H,1H3,(H2,23,24,25). The van der Waals surface area contributed by atoms with Crippen molar-refractivity contribution in [1.82, 2.24) is 4.98 Å². The van der Waals surface area contributed by atoms with E-state index in [4.69, 9.17) is 23.2 Å². The van der Waals surface area contributed by atoms with Crippen LogP contribution in [0, 0.1) is 6.92 Å². The number of carbonyl (C=O) groups is 1. The molecule has 2 aromatic carbocycles. The Balaban J connectivity index is 1.70. The number of halogens is 2. The van der Waals surface area contributed by atoms with E-state index in [0.29, 0.717) is 21.4 Å². The molecule has 1 heterocycles. The van der Waals surface area contributed by atoms with E-state index in [0.717, 1.165) is 16.8 Å². The highest BCUT2D eigenvalue weighted by Crippen LogP contribution is 2.30. The molecule has 3 aromatic rings. The molecule has 0 fully saturated rings. The zero-order chi connectivity index (χ0) is 17.8. The van der Waals surface area contributed by atoms with Gasteiger partial charge in [0.25, 0.3) is 0 Å². The minimum atomic E-state index is -0.414. The van der Waals surface area contributed by atoms with Gasteiger partial charge in [-0.25, -0.2) is 4.79 Å². The van der Waals surface area contributed by atoms with Gasteiger partial charge in [0, 0.05) is 17.6 Å². The highest BCUT2D eigenvalue weighted by Gasteiger charge is 2.09. The number of nitrogens with zero attached hydrogens (tertiary/aromatic N) is 1. The number of rotatable bonds is 3. The highest BCUT2D eigenvalue weighted by molar-refractivity contribution is 6.39. The minimum absolute atomic E-state index is 0.381. The topological polar surface area (TPSA) is 54.0 Å². The minimum Gasteiger partial charge on any atom is -0.308 e. The molecule has 0 saturated carbocycles. The van der Waals surface area contributed by atoms with E-state index in [1.54, 1.807) is 24.4 Å². The first-order valence-electron chi connectivity index (χ1n) is 7.58. The number of anilines is 2. The first-order chi connectivity index (χ1) is 12.0. The van der Waals surface area contributed by atoms with Crippen molar-refractivity contribution in [2.75, 3.05) is 10.6 Å². The van der Waals surface area contributed by atoms with Crippen molar-refractivity contribution in [3.8, 4) is 11.1 Å². The van der Waals surface area contributed by atoms with E-state index < -0.39 is 6.03 Å². The second-order valence-electron chi connectivity index (χ2n) is 5.44. The quantitative estimate of drug-likeness (QED) is 0.592. The van der Waals surface area contributed by atoms with E-state index in [-0.39, 0.29) is 0 Å². The van der Waals surface area contributed by atoms with Gasteiger partial charge in [-0.1, -0.05) is 41.4 Å². The van der Waals surface area contributed by atoms with Crippen LogP contribution < -0.4 is 10.6 Å². The Labute approximate surface area is 155 Å². The molecule has 0 bridgehead atoms. The molecular weight excluding hydrogens is 357 g/mol. The monoisotopic (exact) mass is 371 g/mol. The lowest BCUT2D eigenvalue weighted by Gasteiger charge is -2.11. The zero-order valence-corrected chi connectivity index (χ0v) is 14.9. The Morgan fingerprint density at radius 2 is 1.60 bits per heavy atom. The molecule has 1 aromatic heterocycles. The lowest BCUT2D eigenvalue weighted by atomic mass is 10.1. The van der Waals surface area contributed by atoms with Gasteiger partial charge in [-0.15, -0.1) is 0 Å². The lowest BCUT2D eigenvalue weighted by Crippen LogP contribution is -2.19. The number of aromatic nitrogens is 1. The number of carbonyl (C=O) groups excluding carboxylic acids is 1. The van der Waals surface area contributed by atoms with E-state index in [1.807, 2.05) is 43.3 Å². The van der Waals surface area contributed by atoms with Crippen molar-refractivity contribution < 1.29 is 4.79 Å². The van der Waals surface area contributed by atoms with Gasteiger partial charge in [-0.2, -0.15) is 0 Å². The normalized spacial score (nSPS) is 10.4. The number of nitrogens with one attached hydrogen (secondary N) is 2. The number of hydrogen-bond donors (Lipinski definition) is 2. The maximum Gasteiger partial charge on any atom is 0.323 e. The first-order valence-corrected chi connectivity index (χ1v) is 8.33. The molecule has 126 valence electrons. The van der Waals surface area contributed by atoms with Gasteiger partial charge >= 0.3 is 6.03 Å². The van der Waals surface area contributed by atoms with Gasteiger partial charge in [0.2, 0.25) is 0 Å². The fourth-order valence-corrected chi connectivity index (χ4v) is 2.86. The van der Waals surface area contributed by atoms with Crippen LogP contribution in [0.25, 0.3) is 11.1 Å². The summed E-state index contributed by atoms with van der Waals surface area (Å²) in [6.07, 6.45) is 1.78. The predicted molar refractivity (Wildman–Crippen MR) is 104 cm³/mol. The number of pyridine rings is 1. The third-order valence-electron chi connectivity index (χ3n) is 3.57. The molecule has 0 aliphatic heterocycles. The third-order valence-corrected chi connectivity index (χ3v) is 4.20. The van der Waals surface area contributed by atoms with Crippen LogP contribution in [0.2, 0.25) is 10.0 Å². The van der Waals surface area contributed by atoms with Gasteiger partial charge in [0.05, 0.1) is 15.7 Å². The van der Waals surface area contributed by atoms with Crippen LogP contribution in [0.1, 0.15) is 5.69 Å². The number of urea groups is 1. The van der Waals surface area contributed by atoms with Crippen LogP contribution in [0.5, 0.6) is 0 Å². The molecule has 3 rings (SSSR count). The lowest BCUT2D eigenvalue weighted by molar-refractivity contribution is 0.262. The maximum atomic E-state index is 12.1. The van der Waals surface area contributed by atoms with Crippen molar-refractivity contribution >= 4 is 40.6 Å². The molecule has 4 nitrogen and oxygen atoms in total. The van der Waals surface area contributed by atoms with Crippen molar-refractivity contribution in [3.63, 3.8) is 0 Å². The molecular formula is C19H15Cl2N3O. The second kappa shape index (κ2) is 7.55. The van der Waals surface area contributed by atoms with Crippen LogP contribution in [0.4, 0.5) is 16.2 Å². The molecule has 2 N–H and O–H groups in total. The summed E-state index contributed by atoms with van der Waals surface area (Å²) in [5, 5.41) is 6.17. The van der Waals surface area contributed by atoms with E-state index in [9.17, 15) is 4.79 Å². The summed E-state index contributed by atoms with van der Waals surface area (Å²) < 4.78 is 0. The van der Waals surface area contributed by atoms with Gasteiger partial charge in [0.1, 0.15) is 0 Å². The Bertz CT molecular complexity index is 891. The summed E-state index contributed by atoms with van der Waals surface area (Å²) in [4.78, 5) is 16.3. The number of hydrogen-bond acceptors (Lipinski definition) is 2. The van der Waals surface area contributed by atoms with E-state index >= 15 is 0 Å². The summed E-state index contributed by atoms with van der Waals surface area (Å²) in [6, 6.07) is 16.1. The molecule has 0 unspecified atom stereocenters. The molecule has 0 saturated heterocycles. The average molecular weight is 372 g/mol. The smallest absolute Gasteiger partial charge is 0.308 e. The van der Waals surface area contributed by atoms with Crippen LogP contribution in [0.15, 0.2) is 60.8 Å². The number of benzene rings is 2. The molecule has 0 aliphatic rings. The van der Waals surface area contributed by atoms with Crippen LogP contribution in [0.3, 0.4) is 0 Å². The molecule has 25 heavy (non-hydrogen) atoms. The predicted octanol–water partition coefficient (Wildman–Crippen LogP) is 6.01. The largest absolute Gasteiger partial charge is 0.323 e. The van der Waals surface area contributed by atoms with Crippen molar-refractivity contribution in [2.45, 2.75) is 6.92 Å². The van der Waals surface area contributed by atoms with E-state index in [2.05, 4.69) is 15.6 Å². The van der Waals surface area contributed by atoms with E-state index in [1.165, 1.54) is 0 Å². The Morgan fingerprint density at radius 3 is 2.24 bits per heavy atom. The SMILES string of the molecule is Cc1cc(-c2ccc(NC(=O)Nc3c(Cl)cccc3Cl)cc2)ccn1. The fourth-order valence-electron chi connectivity index (χ4n) is 2.36. The summed E-state index contributed by atoms with van der Waals surface area (Å²) in [5.74, 6) is 0. The second-order valence-corrected chi connectivity index (χ2v) is 6.25. The van der Waals surface area contributed by atoms with Crippen molar-refractivity contribution in [3.05, 3.63) is 76.5 Å². The number of para-hydroxylation sites is 1. The third kappa shape index (κ3) is 4.29. The van der Waals surface area contributed by atoms with Crippen molar-refractivity contribution in [2.24, 2.45) is 0 Å². The summed E-state index contributed by atoms with van der Waals surface area (Å²) in [6.45, 7) is 1.95. The highest BCUT2D eigenvalue weighted by atomic mass is 35.5. The molecule has 0 atom stereocenters. The Morgan fingerprint density at radius 1 is 0.920 bits per heavy atom. The molecule has 0 radical (unpaired) electrons. The van der Waals surface area contributed by atoms with Gasteiger partial charge in [-0.05, 0) is 54.4 Å². The zero-order valence-electron chi connectivity index (χ0n) is 13.4. The van der Waals surface area contributed by atoms with Crippen LogP contribution in [-0.2, 0) is 0 Å². The molecule has 0 spiro atoms. The molecule has 6 heteroatoms. The van der Waals surface area contributed by atoms with Gasteiger partial charge in [0.15, 0.2) is 0 Å². The van der Waals surface area contributed by atoms with Crippen LogP contribution in [-0.4, -0.2) is 11.0 Å². The number of aryl methyl sites for hydroxylation is 1. The first kappa shape index (κ1) is 17.3. The number of amides is 2. The van der Waals surface area contributed by atoms with Crippen LogP contribution >= 0.6 is 23.2 Å². The molecule has 0 aliphatic carbocycles. The summed E-state index contributed by atoms with van der Waals surface area (Å²) in [5.41, 5.74) is 4.12. The van der Waals surface area contributed by atoms with Gasteiger partial charge < -0.3 is 10.6 Å². The van der Waals surface area contributed by atoms with Crippen molar-refractivity contribution in [1.29, 1.82) is 0 Å². The summed E-state index contributed by atoms with van der Waals surface area (Å²) in [7, 11) is 0. The Hall–Kier alpha value is -2.56. The Kier molecular flexibility index (Phi) is 5.22. The molecule has 2 amide bonds. The maximum absolute atomic E-state index is 12.1. The fraction of sp³-hybridized carbons (Fsp3) is 0.0526. The average Bonchev–Trinajstić information content (AvgIpc) is 2.59. The van der Waals surface area contributed by atoms with Gasteiger partial charge in [-0.3, -0.25) is 4.98 Å².